The number of alkyl halides is 7. The first-order chi connectivity index (χ1) is 14.9. The fourth-order valence-corrected chi connectivity index (χ4v) is 2.59. The molecule has 0 aliphatic carbocycles. The second-order valence-electron chi connectivity index (χ2n) is 6.11. The number of nitrogens with one attached hydrogen (secondary N) is 2. The van der Waals surface area contributed by atoms with Crippen molar-refractivity contribution in [2.75, 3.05) is 5.32 Å². The summed E-state index contributed by atoms with van der Waals surface area (Å²) >= 11 is 5.26. The predicted octanol–water partition coefficient (Wildman–Crippen LogP) is 6.15. The Labute approximate surface area is 180 Å². The van der Waals surface area contributed by atoms with Gasteiger partial charge >= 0.3 is 24.1 Å². The average Bonchev–Trinajstić information content (AvgIpc) is 2.62. The zero-order chi connectivity index (χ0) is 25.5. The van der Waals surface area contributed by atoms with Gasteiger partial charge in [-0.1, -0.05) is 11.6 Å². The molecule has 0 atom stereocenters. The normalized spacial score (nSPS) is 12.5. The van der Waals surface area contributed by atoms with E-state index >= 15 is 0 Å². The summed E-state index contributed by atoms with van der Waals surface area (Å²) in [5.41, 5.74) is -4.91. The van der Waals surface area contributed by atoms with Crippen LogP contribution in [0.1, 0.15) is 15.9 Å². The molecule has 0 spiro atoms. The quantitative estimate of drug-likeness (QED) is 0.481. The zero-order valence-electron chi connectivity index (χ0n) is 15.2. The maximum atomic E-state index is 14.0. The molecule has 0 radical (unpaired) electrons. The Kier molecular flexibility index (Phi) is 6.88. The maximum absolute atomic E-state index is 14.0. The van der Waals surface area contributed by atoms with Gasteiger partial charge in [0.25, 0.3) is 5.91 Å². The van der Waals surface area contributed by atoms with Crippen LogP contribution in [0.3, 0.4) is 0 Å². The van der Waals surface area contributed by atoms with Crippen molar-refractivity contribution in [1.29, 1.82) is 0 Å². The van der Waals surface area contributed by atoms with E-state index in [0.29, 0.717) is 0 Å². The summed E-state index contributed by atoms with van der Waals surface area (Å²) in [4.78, 5) is 23.5. The van der Waals surface area contributed by atoms with Crippen LogP contribution in [-0.4, -0.2) is 24.0 Å². The summed E-state index contributed by atoms with van der Waals surface area (Å²) in [6.07, 6.45) is -6.74. The molecule has 33 heavy (non-hydrogen) atoms. The summed E-state index contributed by atoms with van der Waals surface area (Å²) < 4.78 is 145. The average molecular weight is 515 g/mol. The Morgan fingerprint density at radius 3 is 1.79 bits per heavy atom. The third-order valence-corrected chi connectivity index (χ3v) is 4.17. The first-order valence-corrected chi connectivity index (χ1v) is 8.36. The predicted molar refractivity (Wildman–Crippen MR) is 89.1 cm³/mol. The van der Waals surface area contributed by atoms with Gasteiger partial charge < -0.3 is 5.32 Å². The molecule has 2 N–H and O–H groups in total. The first kappa shape index (κ1) is 26.2. The van der Waals surface area contributed by atoms with Gasteiger partial charge in [-0.05, 0) is 12.1 Å². The van der Waals surface area contributed by atoms with Crippen LogP contribution in [0.5, 0.6) is 0 Å². The second kappa shape index (κ2) is 8.68. The highest BCUT2D eigenvalue weighted by atomic mass is 35.5. The van der Waals surface area contributed by atoms with Crippen molar-refractivity contribution in [3.63, 3.8) is 0 Å². The Balaban J connectivity index is 2.29. The Hall–Kier alpha value is -3.10. The van der Waals surface area contributed by atoms with Crippen LogP contribution in [0, 0.1) is 23.3 Å². The summed E-state index contributed by atoms with van der Waals surface area (Å²) in [5.74, 6) is -21.4. The minimum atomic E-state index is -6.74. The van der Waals surface area contributed by atoms with Crippen LogP contribution in [0.25, 0.3) is 0 Å². The highest BCUT2D eigenvalue weighted by Gasteiger charge is 2.74. The number of carbonyl (C=O) groups is 2. The van der Waals surface area contributed by atoms with Gasteiger partial charge in [0.1, 0.15) is 28.8 Å². The van der Waals surface area contributed by atoms with Crippen molar-refractivity contribution in [3.8, 4) is 0 Å². The van der Waals surface area contributed by atoms with E-state index in [1.54, 1.807) is 0 Å². The van der Waals surface area contributed by atoms with Crippen LogP contribution in [-0.2, 0) is 5.92 Å². The molecule has 4 nitrogen and oxygen atoms in total. The third kappa shape index (κ3) is 4.96. The number of rotatable bonds is 4. The molecule has 2 aromatic carbocycles. The van der Waals surface area contributed by atoms with Gasteiger partial charge in [0.15, 0.2) is 0 Å². The molecular weight excluding hydrogens is 509 g/mol. The molecule has 2 aromatic rings. The van der Waals surface area contributed by atoms with Crippen molar-refractivity contribution in [1.82, 2.24) is 5.32 Å². The fourth-order valence-electron chi connectivity index (χ4n) is 2.31. The number of halogens is 12. The van der Waals surface area contributed by atoms with E-state index in [-0.39, 0.29) is 18.2 Å². The van der Waals surface area contributed by atoms with Crippen LogP contribution < -0.4 is 10.6 Å². The van der Waals surface area contributed by atoms with Crippen molar-refractivity contribution in [2.45, 2.75) is 18.0 Å². The molecule has 0 bridgehead atoms. The lowest BCUT2D eigenvalue weighted by atomic mass is 10.0. The molecule has 0 saturated heterocycles. The molecule has 0 aliphatic heterocycles. The molecule has 0 heterocycles. The molecule has 16 heteroatoms. The number of urea groups is 1. The minimum absolute atomic E-state index is 0.0235. The molecule has 0 fully saturated rings. The lowest BCUT2D eigenvalue weighted by molar-refractivity contribution is -0.359. The molecule has 180 valence electrons. The van der Waals surface area contributed by atoms with Gasteiger partial charge in [0.05, 0.1) is 10.7 Å². The molecular formula is C17H6ClF11N2O2. The largest absolute Gasteiger partial charge is 0.460 e. The Bertz CT molecular complexity index is 1100. The van der Waals surface area contributed by atoms with Crippen LogP contribution in [0.4, 0.5) is 58.8 Å². The highest BCUT2D eigenvalue weighted by Crippen LogP contribution is 2.53. The highest BCUT2D eigenvalue weighted by molar-refractivity contribution is 6.31. The van der Waals surface area contributed by atoms with Gasteiger partial charge in [-0.15, -0.1) is 0 Å². The lowest BCUT2D eigenvalue weighted by Gasteiger charge is -2.29. The number of hydrogen-bond donors (Lipinski definition) is 2. The Morgan fingerprint density at radius 2 is 1.30 bits per heavy atom. The molecule has 0 unspecified atom stereocenters. The van der Waals surface area contributed by atoms with E-state index < -0.39 is 81.1 Å². The summed E-state index contributed by atoms with van der Waals surface area (Å²) in [5, 5.41) is 1.17. The van der Waals surface area contributed by atoms with Crippen LogP contribution in [0.2, 0.25) is 5.02 Å². The van der Waals surface area contributed by atoms with E-state index in [4.69, 9.17) is 11.6 Å². The summed E-state index contributed by atoms with van der Waals surface area (Å²) in [6.45, 7) is 0. The standard InChI is InChI=1S/C17H6ClF11N2O2/c18-7-4-11(8(20)3-6(7)15(23,24)16(25,26)17(27,28)29)30-14(33)31-13(32)12-9(21)1-5(19)2-10(12)22/h1-4H,(H2,30,31,32,33). The molecule has 0 aromatic heterocycles. The number of imide groups is 1. The minimum Gasteiger partial charge on any atom is -0.305 e. The van der Waals surface area contributed by atoms with Crippen molar-refractivity contribution >= 4 is 29.2 Å². The van der Waals surface area contributed by atoms with Gasteiger partial charge in [-0.2, -0.15) is 30.7 Å². The fraction of sp³-hybridized carbons (Fsp3) is 0.176. The first-order valence-electron chi connectivity index (χ1n) is 7.99. The monoisotopic (exact) mass is 514 g/mol. The zero-order valence-corrected chi connectivity index (χ0v) is 15.9. The number of hydrogen-bond acceptors (Lipinski definition) is 2. The summed E-state index contributed by atoms with van der Waals surface area (Å²) in [6, 6.07) is -2.08. The number of amides is 3. The van der Waals surface area contributed by atoms with E-state index in [0.717, 1.165) is 0 Å². The van der Waals surface area contributed by atoms with Gasteiger partial charge in [0, 0.05) is 17.7 Å². The lowest BCUT2D eigenvalue weighted by Crippen LogP contribution is -2.50. The topological polar surface area (TPSA) is 58.2 Å². The molecule has 0 saturated carbocycles. The van der Waals surface area contributed by atoms with E-state index in [1.165, 1.54) is 10.6 Å². The van der Waals surface area contributed by atoms with Crippen molar-refractivity contribution in [2.24, 2.45) is 0 Å². The Morgan fingerprint density at radius 1 is 0.788 bits per heavy atom. The van der Waals surface area contributed by atoms with Crippen LogP contribution >= 0.6 is 11.6 Å². The van der Waals surface area contributed by atoms with E-state index in [9.17, 15) is 57.9 Å². The smallest absolute Gasteiger partial charge is 0.305 e. The number of carbonyl (C=O) groups excluding carboxylic acids is 2. The van der Waals surface area contributed by atoms with Gasteiger partial charge in [-0.3, -0.25) is 10.1 Å². The number of benzene rings is 2. The molecule has 0 aliphatic rings. The van der Waals surface area contributed by atoms with Gasteiger partial charge in [-0.25, -0.2) is 22.4 Å². The molecule has 3 amide bonds. The van der Waals surface area contributed by atoms with E-state index in [1.807, 2.05) is 0 Å². The SMILES string of the molecule is O=C(NC(=O)c1c(F)cc(F)cc1F)Nc1cc(Cl)c(C(F)(F)C(F)(F)C(F)(F)F)cc1F. The second-order valence-corrected chi connectivity index (χ2v) is 6.52. The van der Waals surface area contributed by atoms with Crippen molar-refractivity contribution < 1.29 is 57.9 Å². The maximum Gasteiger partial charge on any atom is 0.460 e. The van der Waals surface area contributed by atoms with Crippen LogP contribution in [0.15, 0.2) is 24.3 Å². The third-order valence-electron chi connectivity index (χ3n) is 3.85. The van der Waals surface area contributed by atoms with E-state index in [2.05, 4.69) is 0 Å². The van der Waals surface area contributed by atoms with Gasteiger partial charge in [0.2, 0.25) is 0 Å². The molecule has 2 rings (SSSR count). The van der Waals surface area contributed by atoms with Crippen molar-refractivity contribution in [3.05, 3.63) is 63.7 Å². The summed E-state index contributed by atoms with van der Waals surface area (Å²) in [7, 11) is 0. The number of anilines is 1.